The predicted octanol–water partition coefficient (Wildman–Crippen LogP) is 4.37. The van der Waals surface area contributed by atoms with Gasteiger partial charge in [0.05, 0.1) is 23.1 Å². The van der Waals surface area contributed by atoms with Gasteiger partial charge in [-0.1, -0.05) is 25.4 Å². The maximum Gasteiger partial charge on any atom is 0.175 e. The van der Waals surface area contributed by atoms with Gasteiger partial charge < -0.3 is 9.64 Å². The van der Waals surface area contributed by atoms with Gasteiger partial charge in [0, 0.05) is 36.8 Å². The van der Waals surface area contributed by atoms with Crippen molar-refractivity contribution in [2.75, 3.05) is 32.5 Å². The molecule has 2 aromatic carbocycles. The molecule has 5 nitrogen and oxygen atoms in total. The first-order valence-electron chi connectivity index (χ1n) is 10.0. The first kappa shape index (κ1) is 22.6. The molecule has 1 saturated heterocycles. The van der Waals surface area contributed by atoms with E-state index in [1.54, 1.807) is 30.3 Å². The minimum absolute atomic E-state index is 0.270. The Balaban J connectivity index is 1.55. The van der Waals surface area contributed by atoms with E-state index in [9.17, 15) is 8.42 Å². The van der Waals surface area contributed by atoms with Gasteiger partial charge in [-0.25, -0.2) is 8.42 Å². The van der Waals surface area contributed by atoms with Crippen molar-refractivity contribution in [3.63, 3.8) is 0 Å². The summed E-state index contributed by atoms with van der Waals surface area (Å²) < 4.78 is 29.1. The molecule has 0 N–H and O–H groups in total. The van der Waals surface area contributed by atoms with Crippen molar-refractivity contribution in [2.45, 2.75) is 24.7 Å². The SMILES string of the molecule is CC(CN1CC(C)C(COc2ccc(S(C)(=O)=O)cc2)C1)c1cc(Cl)cc(C#N)c1. The molecular formula is C23H27ClN2O3S. The van der Waals surface area contributed by atoms with Crippen LogP contribution in [0.2, 0.25) is 5.02 Å². The van der Waals surface area contributed by atoms with Crippen molar-refractivity contribution in [1.82, 2.24) is 4.90 Å². The number of nitriles is 1. The van der Waals surface area contributed by atoms with Gasteiger partial charge >= 0.3 is 0 Å². The summed E-state index contributed by atoms with van der Waals surface area (Å²) in [4.78, 5) is 2.73. The lowest BCUT2D eigenvalue weighted by Gasteiger charge is -2.21. The molecule has 1 aliphatic rings. The van der Waals surface area contributed by atoms with E-state index in [2.05, 4.69) is 24.8 Å². The Kier molecular flexibility index (Phi) is 7.07. The Morgan fingerprint density at radius 1 is 1.23 bits per heavy atom. The highest BCUT2D eigenvalue weighted by Crippen LogP contribution is 2.28. The smallest absolute Gasteiger partial charge is 0.175 e. The zero-order chi connectivity index (χ0) is 21.9. The third kappa shape index (κ3) is 5.75. The fourth-order valence-electron chi connectivity index (χ4n) is 3.95. The lowest BCUT2D eigenvalue weighted by atomic mass is 9.99. The Morgan fingerprint density at radius 3 is 2.57 bits per heavy atom. The van der Waals surface area contributed by atoms with Gasteiger partial charge in [-0.2, -0.15) is 5.26 Å². The van der Waals surface area contributed by atoms with E-state index in [1.807, 2.05) is 12.1 Å². The Hall–Kier alpha value is -2.07. The number of benzene rings is 2. The molecule has 3 atom stereocenters. The van der Waals surface area contributed by atoms with Crippen molar-refractivity contribution in [3.05, 3.63) is 58.6 Å². The molecule has 30 heavy (non-hydrogen) atoms. The second-order valence-corrected chi connectivity index (χ2v) is 10.7. The summed E-state index contributed by atoms with van der Waals surface area (Å²) in [6.07, 6.45) is 1.20. The van der Waals surface area contributed by atoms with E-state index in [0.717, 1.165) is 25.2 Å². The minimum Gasteiger partial charge on any atom is -0.493 e. The van der Waals surface area contributed by atoms with Crippen LogP contribution in [0.15, 0.2) is 47.4 Å². The summed E-state index contributed by atoms with van der Waals surface area (Å²) >= 11 is 6.16. The normalized spacial score (nSPS) is 20.6. The van der Waals surface area contributed by atoms with Gasteiger partial charge in [-0.15, -0.1) is 0 Å². The van der Waals surface area contributed by atoms with Gasteiger partial charge in [0.1, 0.15) is 5.75 Å². The molecule has 7 heteroatoms. The second kappa shape index (κ2) is 9.38. The largest absolute Gasteiger partial charge is 0.493 e. The Labute approximate surface area is 184 Å². The molecule has 1 aliphatic heterocycles. The van der Waals surface area contributed by atoms with Crippen molar-refractivity contribution >= 4 is 21.4 Å². The van der Waals surface area contributed by atoms with E-state index >= 15 is 0 Å². The molecule has 160 valence electrons. The topological polar surface area (TPSA) is 70.4 Å². The Bertz CT molecular complexity index is 1030. The quantitative estimate of drug-likeness (QED) is 0.631. The maximum atomic E-state index is 11.6. The van der Waals surface area contributed by atoms with E-state index in [-0.39, 0.29) is 5.92 Å². The molecule has 0 radical (unpaired) electrons. The molecule has 0 aliphatic carbocycles. The van der Waals surface area contributed by atoms with Crippen LogP contribution in [-0.4, -0.2) is 45.8 Å². The minimum atomic E-state index is -3.20. The third-order valence-corrected chi connectivity index (χ3v) is 7.06. The van der Waals surface area contributed by atoms with Crippen LogP contribution in [0.1, 0.15) is 30.9 Å². The van der Waals surface area contributed by atoms with Crippen LogP contribution < -0.4 is 4.74 Å². The fourth-order valence-corrected chi connectivity index (χ4v) is 4.82. The molecular weight excluding hydrogens is 420 g/mol. The van der Waals surface area contributed by atoms with Crippen LogP contribution in [0.4, 0.5) is 0 Å². The molecule has 0 spiro atoms. The second-order valence-electron chi connectivity index (χ2n) is 8.30. The lowest BCUT2D eigenvalue weighted by molar-refractivity contribution is 0.224. The number of nitrogens with zero attached hydrogens (tertiary/aromatic N) is 2. The van der Waals surface area contributed by atoms with E-state index in [0.29, 0.717) is 39.7 Å². The predicted molar refractivity (Wildman–Crippen MR) is 119 cm³/mol. The number of ether oxygens (including phenoxy) is 1. The maximum absolute atomic E-state index is 11.6. The standard InChI is InChI=1S/C23H27ClN2O3S/c1-16(19-8-18(11-25)9-21(24)10-19)12-26-13-17(2)20(14-26)15-29-22-4-6-23(7-5-22)30(3,27)28/h4-10,16-17,20H,12-15H2,1-3H3. The molecule has 3 rings (SSSR count). The monoisotopic (exact) mass is 446 g/mol. The first-order valence-corrected chi connectivity index (χ1v) is 12.3. The van der Waals surface area contributed by atoms with Gasteiger partial charge in [0.25, 0.3) is 0 Å². The van der Waals surface area contributed by atoms with Crippen molar-refractivity contribution in [3.8, 4) is 11.8 Å². The number of sulfone groups is 1. The number of halogens is 1. The summed E-state index contributed by atoms with van der Waals surface area (Å²) in [5.74, 6) is 1.86. The van der Waals surface area contributed by atoms with Crippen LogP contribution in [-0.2, 0) is 9.84 Å². The first-order chi connectivity index (χ1) is 14.2. The highest BCUT2D eigenvalue weighted by molar-refractivity contribution is 7.90. The Morgan fingerprint density at radius 2 is 1.93 bits per heavy atom. The third-order valence-electron chi connectivity index (χ3n) is 5.71. The summed E-state index contributed by atoms with van der Waals surface area (Å²) in [6.45, 7) is 7.83. The van der Waals surface area contributed by atoms with E-state index < -0.39 is 9.84 Å². The number of likely N-dealkylation sites (tertiary alicyclic amines) is 1. The summed E-state index contributed by atoms with van der Waals surface area (Å²) in [5.41, 5.74) is 1.67. The highest BCUT2D eigenvalue weighted by atomic mass is 35.5. The molecule has 0 amide bonds. The summed E-state index contributed by atoms with van der Waals surface area (Å²) in [6, 6.07) is 14.3. The van der Waals surface area contributed by atoms with Gasteiger partial charge in [0.2, 0.25) is 0 Å². The molecule has 1 fully saturated rings. The van der Waals surface area contributed by atoms with E-state index in [4.69, 9.17) is 21.6 Å². The lowest BCUT2D eigenvalue weighted by Crippen LogP contribution is -2.26. The molecule has 2 aromatic rings. The average Bonchev–Trinajstić information content (AvgIpc) is 3.04. The van der Waals surface area contributed by atoms with Crippen LogP contribution in [0.5, 0.6) is 5.75 Å². The van der Waals surface area contributed by atoms with Crippen LogP contribution in [0, 0.1) is 23.2 Å². The summed E-state index contributed by atoms with van der Waals surface area (Å²) in [5, 5.41) is 9.76. The number of hydrogen-bond acceptors (Lipinski definition) is 5. The van der Waals surface area contributed by atoms with Gasteiger partial charge in [-0.3, -0.25) is 0 Å². The van der Waals surface area contributed by atoms with Crippen LogP contribution >= 0.6 is 11.6 Å². The molecule has 0 saturated carbocycles. The van der Waals surface area contributed by atoms with Crippen molar-refractivity contribution in [1.29, 1.82) is 5.26 Å². The number of hydrogen-bond donors (Lipinski definition) is 0. The van der Waals surface area contributed by atoms with Crippen LogP contribution in [0.25, 0.3) is 0 Å². The molecule has 0 aromatic heterocycles. The van der Waals surface area contributed by atoms with E-state index in [1.165, 1.54) is 6.26 Å². The summed E-state index contributed by atoms with van der Waals surface area (Å²) in [7, 11) is -3.20. The van der Waals surface area contributed by atoms with Gasteiger partial charge in [-0.05, 0) is 59.9 Å². The zero-order valence-corrected chi connectivity index (χ0v) is 19.1. The average molecular weight is 447 g/mol. The molecule has 1 heterocycles. The van der Waals surface area contributed by atoms with Gasteiger partial charge in [0.15, 0.2) is 9.84 Å². The van der Waals surface area contributed by atoms with Crippen molar-refractivity contribution in [2.24, 2.45) is 11.8 Å². The van der Waals surface area contributed by atoms with Crippen molar-refractivity contribution < 1.29 is 13.2 Å². The molecule has 3 unspecified atom stereocenters. The fraction of sp³-hybridized carbons (Fsp3) is 0.435. The highest BCUT2D eigenvalue weighted by Gasteiger charge is 2.31. The molecule has 0 bridgehead atoms. The zero-order valence-electron chi connectivity index (χ0n) is 17.5. The van der Waals surface area contributed by atoms with Crippen LogP contribution in [0.3, 0.4) is 0 Å². The number of rotatable bonds is 7.